The van der Waals surface area contributed by atoms with Gasteiger partial charge >= 0.3 is 0 Å². The van der Waals surface area contributed by atoms with Crippen LogP contribution in [0, 0.1) is 0 Å². The summed E-state index contributed by atoms with van der Waals surface area (Å²) in [6, 6.07) is 9.19. The zero-order valence-electron chi connectivity index (χ0n) is 14.9. The van der Waals surface area contributed by atoms with Gasteiger partial charge in [-0.1, -0.05) is 18.2 Å². The molecular formula is C21H22O4. The van der Waals surface area contributed by atoms with Crippen molar-refractivity contribution in [3.8, 4) is 23.0 Å². The average molecular weight is 338 g/mol. The fourth-order valence-electron chi connectivity index (χ4n) is 2.73. The number of rotatable bonds is 4. The van der Waals surface area contributed by atoms with Gasteiger partial charge in [0.2, 0.25) is 0 Å². The first-order chi connectivity index (χ1) is 11.9. The lowest BCUT2D eigenvalue weighted by Gasteiger charge is -2.28. The Kier molecular flexibility index (Phi) is 4.45. The van der Waals surface area contributed by atoms with Crippen molar-refractivity contribution in [2.75, 3.05) is 14.2 Å². The maximum atomic E-state index is 9.68. The minimum Gasteiger partial charge on any atom is -0.504 e. The van der Waals surface area contributed by atoms with E-state index in [9.17, 15) is 5.11 Å². The molecule has 2 aromatic rings. The lowest BCUT2D eigenvalue weighted by molar-refractivity contribution is 0.158. The van der Waals surface area contributed by atoms with E-state index in [4.69, 9.17) is 14.2 Å². The number of hydrogen-bond donors (Lipinski definition) is 1. The number of methoxy groups -OCH3 is 2. The minimum atomic E-state index is -0.343. The summed E-state index contributed by atoms with van der Waals surface area (Å²) in [5.41, 5.74) is 2.50. The molecule has 0 aliphatic carbocycles. The van der Waals surface area contributed by atoms with Gasteiger partial charge in [-0.05, 0) is 61.4 Å². The van der Waals surface area contributed by atoms with Gasteiger partial charge in [0.25, 0.3) is 0 Å². The van der Waals surface area contributed by atoms with E-state index in [2.05, 4.69) is 0 Å². The van der Waals surface area contributed by atoms with Crippen LogP contribution in [0.3, 0.4) is 0 Å². The van der Waals surface area contributed by atoms with Gasteiger partial charge in [0.05, 0.1) is 19.8 Å². The Hall–Kier alpha value is -2.88. The first kappa shape index (κ1) is 17.0. The highest BCUT2D eigenvalue weighted by molar-refractivity contribution is 5.76. The molecule has 0 amide bonds. The van der Waals surface area contributed by atoms with Crippen molar-refractivity contribution in [1.82, 2.24) is 0 Å². The third-order valence-electron chi connectivity index (χ3n) is 4.04. The zero-order chi connectivity index (χ0) is 18.0. The summed E-state index contributed by atoms with van der Waals surface area (Å²) in [6.07, 6.45) is 7.99. The van der Waals surface area contributed by atoms with Crippen LogP contribution in [-0.2, 0) is 0 Å². The number of fused-ring (bicyclic) bond motifs is 1. The van der Waals surface area contributed by atoms with Crippen LogP contribution in [0.5, 0.6) is 23.0 Å². The molecule has 0 atom stereocenters. The van der Waals surface area contributed by atoms with Crippen molar-refractivity contribution in [3.05, 3.63) is 53.1 Å². The minimum absolute atomic E-state index is 0.123. The molecule has 1 aliphatic rings. The summed E-state index contributed by atoms with van der Waals surface area (Å²) in [4.78, 5) is 0. The molecule has 25 heavy (non-hydrogen) atoms. The van der Waals surface area contributed by atoms with E-state index in [1.807, 2.05) is 56.4 Å². The first-order valence-corrected chi connectivity index (χ1v) is 8.07. The smallest absolute Gasteiger partial charge is 0.161 e. The Morgan fingerprint density at radius 1 is 0.960 bits per heavy atom. The Bertz CT molecular complexity index is 847. The quantitative estimate of drug-likeness (QED) is 0.816. The van der Waals surface area contributed by atoms with Crippen LogP contribution in [0.4, 0.5) is 0 Å². The highest BCUT2D eigenvalue weighted by atomic mass is 16.5. The molecule has 0 bridgehead atoms. The number of benzene rings is 2. The maximum Gasteiger partial charge on any atom is 0.161 e. The molecular weight excluding hydrogens is 316 g/mol. The highest BCUT2D eigenvalue weighted by Crippen LogP contribution is 2.38. The van der Waals surface area contributed by atoms with Crippen molar-refractivity contribution in [2.45, 2.75) is 19.4 Å². The van der Waals surface area contributed by atoms with Crippen LogP contribution < -0.4 is 14.2 Å². The van der Waals surface area contributed by atoms with Gasteiger partial charge in [0, 0.05) is 0 Å². The largest absolute Gasteiger partial charge is 0.504 e. The van der Waals surface area contributed by atoms with Gasteiger partial charge < -0.3 is 19.3 Å². The van der Waals surface area contributed by atoms with Crippen molar-refractivity contribution in [2.24, 2.45) is 0 Å². The van der Waals surface area contributed by atoms with Gasteiger partial charge in [-0.25, -0.2) is 0 Å². The second-order valence-electron chi connectivity index (χ2n) is 6.44. The van der Waals surface area contributed by atoms with E-state index in [0.29, 0.717) is 5.75 Å². The van der Waals surface area contributed by atoms with Crippen LogP contribution in [0.2, 0.25) is 0 Å². The summed E-state index contributed by atoms with van der Waals surface area (Å²) in [5, 5.41) is 9.68. The molecule has 1 aliphatic heterocycles. The molecule has 2 aromatic carbocycles. The van der Waals surface area contributed by atoms with E-state index in [1.54, 1.807) is 19.2 Å². The Labute approximate surface area is 148 Å². The number of hydrogen-bond acceptors (Lipinski definition) is 4. The molecule has 3 rings (SSSR count). The van der Waals surface area contributed by atoms with Crippen LogP contribution in [0.25, 0.3) is 18.2 Å². The van der Waals surface area contributed by atoms with Gasteiger partial charge in [-0.2, -0.15) is 0 Å². The number of ether oxygens (including phenoxy) is 3. The Balaban J connectivity index is 1.95. The van der Waals surface area contributed by atoms with Crippen LogP contribution in [-0.4, -0.2) is 24.9 Å². The second kappa shape index (κ2) is 6.55. The molecule has 0 saturated carbocycles. The van der Waals surface area contributed by atoms with E-state index >= 15 is 0 Å². The third-order valence-corrected chi connectivity index (χ3v) is 4.04. The molecule has 0 unspecified atom stereocenters. The van der Waals surface area contributed by atoms with Gasteiger partial charge in [0.1, 0.15) is 17.1 Å². The fourth-order valence-corrected chi connectivity index (χ4v) is 2.73. The third kappa shape index (κ3) is 3.63. The normalized spacial score (nSPS) is 14.9. The number of aromatic hydroxyl groups is 1. The van der Waals surface area contributed by atoms with Gasteiger partial charge in [-0.15, -0.1) is 0 Å². The molecule has 0 fully saturated rings. The standard InChI is InChI=1S/C21H22O4/c1-21(2)10-9-16-18(23-3)12-15(13-19(16)25-21)6-5-14-7-8-17(22)20(11-14)24-4/h5-13,22H,1-4H3/b6-5+. The summed E-state index contributed by atoms with van der Waals surface area (Å²) in [6.45, 7) is 4.04. The Morgan fingerprint density at radius 2 is 1.64 bits per heavy atom. The summed E-state index contributed by atoms with van der Waals surface area (Å²) in [5.74, 6) is 2.14. The number of phenols is 1. The molecule has 1 N–H and O–H groups in total. The molecule has 0 aromatic heterocycles. The van der Waals surface area contributed by atoms with Crippen molar-refractivity contribution < 1.29 is 19.3 Å². The SMILES string of the molecule is COc1cc(/C=C/c2cc(OC)c3c(c2)OC(C)(C)C=C3)ccc1O. The van der Waals surface area contributed by atoms with Crippen LogP contribution in [0.1, 0.15) is 30.5 Å². The molecule has 0 saturated heterocycles. The summed E-state index contributed by atoms with van der Waals surface area (Å²) >= 11 is 0. The zero-order valence-corrected chi connectivity index (χ0v) is 14.9. The molecule has 0 spiro atoms. The second-order valence-corrected chi connectivity index (χ2v) is 6.44. The topological polar surface area (TPSA) is 47.9 Å². The Morgan fingerprint density at radius 3 is 2.36 bits per heavy atom. The van der Waals surface area contributed by atoms with E-state index in [-0.39, 0.29) is 11.4 Å². The number of phenolic OH excluding ortho intramolecular Hbond substituents is 1. The molecule has 0 radical (unpaired) electrons. The van der Waals surface area contributed by atoms with Gasteiger partial charge in [0.15, 0.2) is 11.5 Å². The maximum absolute atomic E-state index is 9.68. The monoisotopic (exact) mass is 338 g/mol. The van der Waals surface area contributed by atoms with E-state index < -0.39 is 0 Å². The molecule has 4 nitrogen and oxygen atoms in total. The van der Waals surface area contributed by atoms with E-state index in [1.165, 1.54) is 7.11 Å². The molecule has 1 heterocycles. The lowest BCUT2D eigenvalue weighted by Crippen LogP contribution is -2.27. The summed E-state index contributed by atoms with van der Waals surface area (Å²) < 4.78 is 16.7. The van der Waals surface area contributed by atoms with Crippen molar-refractivity contribution >= 4 is 18.2 Å². The average Bonchev–Trinajstić information content (AvgIpc) is 2.59. The molecule has 4 heteroatoms. The van der Waals surface area contributed by atoms with E-state index in [0.717, 1.165) is 28.2 Å². The first-order valence-electron chi connectivity index (χ1n) is 8.07. The van der Waals surface area contributed by atoms with Crippen molar-refractivity contribution in [1.29, 1.82) is 0 Å². The van der Waals surface area contributed by atoms with Gasteiger partial charge in [-0.3, -0.25) is 0 Å². The predicted molar refractivity (Wildman–Crippen MR) is 100 cm³/mol. The lowest BCUT2D eigenvalue weighted by atomic mass is 9.99. The predicted octanol–water partition coefficient (Wildman–Crippen LogP) is 4.76. The summed E-state index contributed by atoms with van der Waals surface area (Å²) in [7, 11) is 3.19. The van der Waals surface area contributed by atoms with Crippen molar-refractivity contribution in [3.63, 3.8) is 0 Å². The van der Waals surface area contributed by atoms with Crippen LogP contribution in [0.15, 0.2) is 36.4 Å². The van der Waals surface area contributed by atoms with Crippen LogP contribution >= 0.6 is 0 Å². The molecule has 130 valence electrons. The highest BCUT2D eigenvalue weighted by Gasteiger charge is 2.24. The fraction of sp³-hybridized carbons (Fsp3) is 0.238.